The molecule has 2 rings (SSSR count). The van der Waals surface area contributed by atoms with Crippen molar-refractivity contribution in [2.24, 2.45) is 5.92 Å². The molecule has 0 spiro atoms. The van der Waals surface area contributed by atoms with E-state index in [1.165, 1.54) is 6.26 Å². The lowest BCUT2D eigenvalue weighted by Gasteiger charge is -2.19. The van der Waals surface area contributed by atoms with Gasteiger partial charge in [-0.1, -0.05) is 19.9 Å². The van der Waals surface area contributed by atoms with Crippen molar-refractivity contribution >= 4 is 23.2 Å². The van der Waals surface area contributed by atoms with Crippen molar-refractivity contribution in [1.29, 1.82) is 0 Å². The summed E-state index contributed by atoms with van der Waals surface area (Å²) in [7, 11) is 0. The Labute approximate surface area is 140 Å². The molecule has 2 heterocycles. The van der Waals surface area contributed by atoms with Crippen molar-refractivity contribution in [3.63, 3.8) is 0 Å². The topological polar surface area (TPSA) is 71.3 Å². The van der Waals surface area contributed by atoms with Crippen LogP contribution in [0.15, 0.2) is 34.3 Å². The second-order valence-corrected chi connectivity index (χ2v) is 6.82. The Bertz CT molecular complexity index is 647. The van der Waals surface area contributed by atoms with Crippen LogP contribution in [0.5, 0.6) is 0 Å². The molecule has 0 saturated heterocycles. The van der Waals surface area contributed by atoms with Gasteiger partial charge in [0.2, 0.25) is 5.91 Å². The first-order chi connectivity index (χ1) is 11.0. The summed E-state index contributed by atoms with van der Waals surface area (Å²) in [5.41, 5.74) is 0.454. The molecule has 0 fully saturated rings. The third-order valence-corrected chi connectivity index (χ3v) is 4.43. The fourth-order valence-electron chi connectivity index (χ4n) is 2.33. The standard InChI is InChI=1S/C17H22N2O3S/c1-11(2)9-14(15-5-4-8-23-15)19-16(20)10-18-17(21)13-6-7-22-12(13)3/h4-8,11,14H,9-10H2,1-3H3,(H,18,21)(H,19,20)/t14-/m1/s1. The number of hydrogen-bond acceptors (Lipinski definition) is 4. The number of carbonyl (C=O) groups is 2. The van der Waals surface area contributed by atoms with Gasteiger partial charge in [-0.25, -0.2) is 0 Å². The highest BCUT2D eigenvalue weighted by Gasteiger charge is 2.18. The van der Waals surface area contributed by atoms with E-state index in [0.29, 0.717) is 17.2 Å². The molecule has 0 aliphatic rings. The molecule has 2 amide bonds. The number of thiophene rings is 1. The van der Waals surface area contributed by atoms with E-state index in [0.717, 1.165) is 11.3 Å². The zero-order valence-electron chi connectivity index (χ0n) is 13.6. The molecule has 23 heavy (non-hydrogen) atoms. The van der Waals surface area contributed by atoms with E-state index in [2.05, 4.69) is 24.5 Å². The van der Waals surface area contributed by atoms with Gasteiger partial charge in [-0.05, 0) is 36.8 Å². The van der Waals surface area contributed by atoms with Gasteiger partial charge in [0.05, 0.1) is 24.4 Å². The number of carbonyl (C=O) groups excluding carboxylic acids is 2. The normalized spacial score (nSPS) is 12.2. The van der Waals surface area contributed by atoms with E-state index in [1.807, 2.05) is 17.5 Å². The van der Waals surface area contributed by atoms with Crippen LogP contribution in [0.2, 0.25) is 0 Å². The average Bonchev–Trinajstić information content (AvgIpc) is 3.14. The van der Waals surface area contributed by atoms with Gasteiger partial charge in [-0.15, -0.1) is 11.3 Å². The highest BCUT2D eigenvalue weighted by Crippen LogP contribution is 2.25. The Morgan fingerprint density at radius 2 is 2.09 bits per heavy atom. The van der Waals surface area contributed by atoms with E-state index >= 15 is 0 Å². The van der Waals surface area contributed by atoms with Crippen LogP contribution in [0.25, 0.3) is 0 Å². The summed E-state index contributed by atoms with van der Waals surface area (Å²) >= 11 is 1.62. The maximum absolute atomic E-state index is 12.1. The van der Waals surface area contributed by atoms with Crippen LogP contribution in [0.1, 0.15) is 47.3 Å². The number of nitrogens with one attached hydrogen (secondary N) is 2. The van der Waals surface area contributed by atoms with Gasteiger partial charge >= 0.3 is 0 Å². The third kappa shape index (κ3) is 4.96. The first-order valence-electron chi connectivity index (χ1n) is 7.62. The van der Waals surface area contributed by atoms with Crippen molar-refractivity contribution in [2.45, 2.75) is 33.2 Å². The Morgan fingerprint density at radius 3 is 2.65 bits per heavy atom. The number of amides is 2. The molecule has 2 aromatic heterocycles. The molecule has 0 saturated carbocycles. The van der Waals surface area contributed by atoms with Crippen LogP contribution >= 0.6 is 11.3 Å². The molecule has 0 aliphatic carbocycles. The van der Waals surface area contributed by atoms with Crippen molar-refractivity contribution in [3.05, 3.63) is 46.0 Å². The van der Waals surface area contributed by atoms with Gasteiger partial charge < -0.3 is 15.1 Å². The molecule has 2 N–H and O–H groups in total. The predicted octanol–water partition coefficient (Wildman–Crippen LogP) is 3.28. The van der Waals surface area contributed by atoms with Crippen LogP contribution in [0, 0.1) is 12.8 Å². The summed E-state index contributed by atoms with van der Waals surface area (Å²) in [6, 6.07) is 5.57. The summed E-state index contributed by atoms with van der Waals surface area (Å²) in [4.78, 5) is 25.2. The molecule has 0 aromatic carbocycles. The van der Waals surface area contributed by atoms with E-state index in [9.17, 15) is 9.59 Å². The SMILES string of the molecule is Cc1occc1C(=O)NCC(=O)N[C@H](CC(C)C)c1cccs1. The smallest absolute Gasteiger partial charge is 0.255 e. The second kappa shape index (κ2) is 7.97. The van der Waals surface area contributed by atoms with Crippen LogP contribution in [0.3, 0.4) is 0 Å². The fraction of sp³-hybridized carbons (Fsp3) is 0.412. The Morgan fingerprint density at radius 1 is 1.30 bits per heavy atom. The van der Waals surface area contributed by atoms with E-state index in [-0.39, 0.29) is 24.4 Å². The Hall–Kier alpha value is -2.08. The fourth-order valence-corrected chi connectivity index (χ4v) is 3.12. The van der Waals surface area contributed by atoms with E-state index in [1.54, 1.807) is 24.3 Å². The summed E-state index contributed by atoms with van der Waals surface area (Å²) in [5, 5.41) is 7.62. The minimum absolute atomic E-state index is 0.0185. The molecule has 1 atom stereocenters. The molecular weight excluding hydrogens is 312 g/mol. The van der Waals surface area contributed by atoms with Crippen molar-refractivity contribution in [1.82, 2.24) is 10.6 Å². The minimum Gasteiger partial charge on any atom is -0.469 e. The van der Waals surface area contributed by atoms with Gasteiger partial charge in [0.15, 0.2) is 0 Å². The summed E-state index contributed by atoms with van der Waals surface area (Å²) in [6.07, 6.45) is 2.32. The quantitative estimate of drug-likeness (QED) is 0.816. The second-order valence-electron chi connectivity index (χ2n) is 5.84. The van der Waals surface area contributed by atoms with Gasteiger partial charge in [0.1, 0.15) is 5.76 Å². The zero-order valence-corrected chi connectivity index (χ0v) is 14.4. The lowest BCUT2D eigenvalue weighted by molar-refractivity contribution is -0.120. The Balaban J connectivity index is 1.89. The zero-order chi connectivity index (χ0) is 16.8. The lowest BCUT2D eigenvalue weighted by Crippen LogP contribution is -2.38. The van der Waals surface area contributed by atoms with Gasteiger partial charge in [0, 0.05) is 4.88 Å². The molecule has 6 heteroatoms. The molecular formula is C17H22N2O3S. The summed E-state index contributed by atoms with van der Waals surface area (Å²) < 4.78 is 5.09. The molecule has 5 nitrogen and oxygen atoms in total. The average molecular weight is 334 g/mol. The molecule has 0 unspecified atom stereocenters. The first kappa shape index (κ1) is 17.3. The van der Waals surface area contributed by atoms with Gasteiger partial charge in [-0.3, -0.25) is 9.59 Å². The highest BCUT2D eigenvalue weighted by molar-refractivity contribution is 7.10. The van der Waals surface area contributed by atoms with Crippen LogP contribution in [0.4, 0.5) is 0 Å². The maximum Gasteiger partial charge on any atom is 0.255 e. The first-order valence-corrected chi connectivity index (χ1v) is 8.50. The number of rotatable bonds is 7. The molecule has 0 aliphatic heterocycles. The summed E-state index contributed by atoms with van der Waals surface area (Å²) in [6.45, 7) is 5.90. The monoisotopic (exact) mass is 334 g/mol. The van der Waals surface area contributed by atoms with Crippen LogP contribution < -0.4 is 10.6 Å². The van der Waals surface area contributed by atoms with E-state index in [4.69, 9.17) is 4.42 Å². The van der Waals surface area contributed by atoms with Crippen LogP contribution in [-0.2, 0) is 4.79 Å². The van der Waals surface area contributed by atoms with Crippen LogP contribution in [-0.4, -0.2) is 18.4 Å². The van der Waals surface area contributed by atoms with Gasteiger partial charge in [-0.2, -0.15) is 0 Å². The van der Waals surface area contributed by atoms with Crippen molar-refractivity contribution in [3.8, 4) is 0 Å². The minimum atomic E-state index is -0.303. The molecule has 0 radical (unpaired) electrons. The number of hydrogen-bond donors (Lipinski definition) is 2. The number of furan rings is 1. The Kier molecular flexibility index (Phi) is 5.98. The van der Waals surface area contributed by atoms with Crippen molar-refractivity contribution < 1.29 is 14.0 Å². The largest absolute Gasteiger partial charge is 0.469 e. The lowest BCUT2D eigenvalue weighted by atomic mass is 10.0. The molecule has 0 bridgehead atoms. The molecule has 124 valence electrons. The summed E-state index contributed by atoms with van der Waals surface area (Å²) in [5.74, 6) is 0.506. The highest BCUT2D eigenvalue weighted by atomic mass is 32.1. The molecule has 2 aromatic rings. The third-order valence-electron chi connectivity index (χ3n) is 3.44. The van der Waals surface area contributed by atoms with Crippen molar-refractivity contribution in [2.75, 3.05) is 6.54 Å². The predicted molar refractivity (Wildman–Crippen MR) is 90.4 cm³/mol. The van der Waals surface area contributed by atoms with E-state index < -0.39 is 0 Å². The maximum atomic E-state index is 12.1. The van der Waals surface area contributed by atoms with Gasteiger partial charge in [0.25, 0.3) is 5.91 Å². The number of aryl methyl sites for hydroxylation is 1.